The number of allylic oxidation sites excluding steroid dienone is 4. The van der Waals surface area contributed by atoms with Gasteiger partial charge in [-0.1, -0.05) is 56.0 Å². The van der Waals surface area contributed by atoms with Gasteiger partial charge in [-0.2, -0.15) is 5.26 Å². The molecular formula is C27H36FN. The second-order valence-electron chi connectivity index (χ2n) is 9.21. The van der Waals surface area contributed by atoms with Crippen LogP contribution in [0.3, 0.4) is 0 Å². The van der Waals surface area contributed by atoms with E-state index in [2.05, 4.69) is 6.08 Å². The van der Waals surface area contributed by atoms with Gasteiger partial charge in [0.1, 0.15) is 5.82 Å². The smallest absolute Gasteiger partial charge is 0.123 e. The Morgan fingerprint density at radius 3 is 2.00 bits per heavy atom. The van der Waals surface area contributed by atoms with Crippen molar-refractivity contribution in [1.82, 2.24) is 0 Å². The third-order valence-electron chi connectivity index (χ3n) is 7.22. The maximum Gasteiger partial charge on any atom is 0.123 e. The third kappa shape index (κ3) is 7.46. The highest BCUT2D eigenvalue weighted by atomic mass is 19.1. The van der Waals surface area contributed by atoms with Crippen molar-refractivity contribution >= 4 is 0 Å². The number of unbranched alkanes of at least 4 members (excludes halogenated alkanes) is 1. The van der Waals surface area contributed by atoms with Gasteiger partial charge in [0.15, 0.2) is 0 Å². The first-order valence-electron chi connectivity index (χ1n) is 11.7. The normalized spacial score (nSPS) is 28.0. The summed E-state index contributed by atoms with van der Waals surface area (Å²) < 4.78 is 13.1. The van der Waals surface area contributed by atoms with Gasteiger partial charge in [-0.15, -0.1) is 0 Å². The molecule has 0 atom stereocenters. The van der Waals surface area contributed by atoms with Crippen LogP contribution in [0.15, 0.2) is 48.6 Å². The molecule has 0 N–H and O–H groups in total. The van der Waals surface area contributed by atoms with Crippen molar-refractivity contribution in [2.24, 2.45) is 17.8 Å². The summed E-state index contributed by atoms with van der Waals surface area (Å²) >= 11 is 0. The summed E-state index contributed by atoms with van der Waals surface area (Å²) in [7, 11) is 0. The van der Waals surface area contributed by atoms with Gasteiger partial charge in [-0.05, 0) is 92.7 Å². The van der Waals surface area contributed by atoms with E-state index in [1.165, 1.54) is 88.7 Å². The van der Waals surface area contributed by atoms with Crippen LogP contribution in [0, 0.1) is 34.9 Å². The fraction of sp³-hybridized carbons (Fsp3) is 0.593. The predicted octanol–water partition coefficient (Wildman–Crippen LogP) is 8.10. The first-order valence-corrected chi connectivity index (χ1v) is 11.7. The zero-order chi connectivity index (χ0) is 20.3. The highest BCUT2D eigenvalue weighted by molar-refractivity contribution is 5.20. The van der Waals surface area contributed by atoms with Crippen molar-refractivity contribution in [3.63, 3.8) is 0 Å². The van der Waals surface area contributed by atoms with Crippen molar-refractivity contribution in [3.05, 3.63) is 60.0 Å². The lowest BCUT2D eigenvalue weighted by molar-refractivity contribution is 0.273. The summed E-state index contributed by atoms with van der Waals surface area (Å²) in [6.07, 6.45) is 23.9. The number of halogens is 1. The zero-order valence-electron chi connectivity index (χ0n) is 17.7. The van der Waals surface area contributed by atoms with Crippen molar-refractivity contribution < 1.29 is 4.39 Å². The van der Waals surface area contributed by atoms with E-state index in [0.29, 0.717) is 11.8 Å². The molecule has 29 heavy (non-hydrogen) atoms. The lowest BCUT2D eigenvalue weighted by atomic mass is 9.76. The van der Waals surface area contributed by atoms with Gasteiger partial charge in [0.2, 0.25) is 0 Å². The van der Waals surface area contributed by atoms with Gasteiger partial charge in [-0.25, -0.2) is 4.39 Å². The Kier molecular flexibility index (Phi) is 9.00. The Morgan fingerprint density at radius 1 is 0.828 bits per heavy atom. The highest BCUT2D eigenvalue weighted by Gasteiger charge is 2.23. The number of rotatable bonds is 8. The predicted molar refractivity (Wildman–Crippen MR) is 119 cm³/mol. The average molecular weight is 394 g/mol. The van der Waals surface area contributed by atoms with Crippen LogP contribution < -0.4 is 0 Å². The molecule has 0 heterocycles. The molecule has 0 saturated heterocycles. The van der Waals surface area contributed by atoms with Gasteiger partial charge >= 0.3 is 0 Å². The molecule has 1 nitrogen and oxygen atoms in total. The molecule has 1 aromatic rings. The molecular weight excluding hydrogens is 357 g/mol. The van der Waals surface area contributed by atoms with Gasteiger partial charge < -0.3 is 0 Å². The fourth-order valence-corrected chi connectivity index (χ4v) is 5.37. The van der Waals surface area contributed by atoms with Crippen LogP contribution in [-0.4, -0.2) is 0 Å². The Morgan fingerprint density at radius 2 is 1.41 bits per heavy atom. The largest absolute Gasteiger partial charge is 0.207 e. The summed E-state index contributed by atoms with van der Waals surface area (Å²) in [5.41, 5.74) is 1.33. The number of nitriles is 1. The number of benzene rings is 1. The number of hydrogen-bond acceptors (Lipinski definition) is 1. The van der Waals surface area contributed by atoms with E-state index >= 15 is 0 Å². The molecule has 0 unspecified atom stereocenters. The van der Waals surface area contributed by atoms with Gasteiger partial charge in [0.25, 0.3) is 0 Å². The Hall–Kier alpha value is -1.88. The summed E-state index contributed by atoms with van der Waals surface area (Å²) in [5.74, 6) is 3.08. The first-order chi connectivity index (χ1) is 14.2. The Bertz CT molecular complexity index is 680. The third-order valence-corrected chi connectivity index (χ3v) is 7.22. The van der Waals surface area contributed by atoms with Crippen LogP contribution in [0.25, 0.3) is 0 Å². The fourth-order valence-electron chi connectivity index (χ4n) is 5.37. The van der Waals surface area contributed by atoms with Gasteiger partial charge in [-0.3, -0.25) is 0 Å². The van der Waals surface area contributed by atoms with Crippen LogP contribution in [0.2, 0.25) is 0 Å². The number of nitrogens with zero attached hydrogens (tertiary/aromatic N) is 1. The van der Waals surface area contributed by atoms with Crippen molar-refractivity contribution in [1.29, 1.82) is 5.26 Å². The summed E-state index contributed by atoms with van der Waals surface area (Å²) in [4.78, 5) is 0. The molecule has 156 valence electrons. The van der Waals surface area contributed by atoms with Crippen molar-refractivity contribution in [3.8, 4) is 6.07 Å². The van der Waals surface area contributed by atoms with Gasteiger partial charge in [0.05, 0.1) is 6.07 Å². The maximum atomic E-state index is 13.1. The molecule has 0 radical (unpaired) electrons. The molecule has 2 heteroatoms. The summed E-state index contributed by atoms with van der Waals surface area (Å²) in [5, 5.41) is 8.51. The minimum absolute atomic E-state index is 0.125. The topological polar surface area (TPSA) is 23.8 Å². The van der Waals surface area contributed by atoms with Crippen LogP contribution in [0.1, 0.15) is 88.5 Å². The second-order valence-corrected chi connectivity index (χ2v) is 9.21. The standard InChI is InChI=1S/C27H36FN/c28-27-19-17-26(18-20-27)25-15-13-24(14-16-25)8-4-3-7-23-11-9-22(10-12-23)6-2-1-5-21-29/h1-2,5-6,17-20,22-25H,3-4,7-16H2. The molecule has 0 amide bonds. The monoisotopic (exact) mass is 393 g/mol. The second kappa shape index (κ2) is 12.0. The van der Waals surface area contributed by atoms with Crippen LogP contribution in [-0.2, 0) is 0 Å². The van der Waals surface area contributed by atoms with Crippen molar-refractivity contribution in [2.75, 3.05) is 0 Å². The van der Waals surface area contributed by atoms with Crippen LogP contribution in [0.5, 0.6) is 0 Å². The maximum absolute atomic E-state index is 13.1. The van der Waals surface area contributed by atoms with E-state index in [1.807, 2.05) is 30.4 Å². The van der Waals surface area contributed by atoms with Crippen LogP contribution in [0.4, 0.5) is 4.39 Å². The Labute approximate surface area is 176 Å². The Balaban J connectivity index is 1.25. The zero-order valence-corrected chi connectivity index (χ0v) is 17.7. The minimum Gasteiger partial charge on any atom is -0.207 e. The molecule has 1 aromatic carbocycles. The number of hydrogen-bond donors (Lipinski definition) is 0. The molecule has 2 saturated carbocycles. The van der Waals surface area contributed by atoms with Crippen molar-refractivity contribution in [2.45, 2.75) is 83.0 Å². The van der Waals surface area contributed by atoms with E-state index in [4.69, 9.17) is 5.26 Å². The molecule has 2 fully saturated rings. The lowest BCUT2D eigenvalue weighted by Gasteiger charge is -2.29. The van der Waals surface area contributed by atoms with E-state index in [9.17, 15) is 4.39 Å². The quantitative estimate of drug-likeness (QED) is 0.249. The summed E-state index contributed by atoms with van der Waals surface area (Å²) in [6, 6.07) is 9.21. The molecule has 0 aliphatic heterocycles. The van der Waals surface area contributed by atoms with E-state index in [0.717, 1.165) is 11.8 Å². The minimum atomic E-state index is -0.125. The van der Waals surface area contributed by atoms with E-state index in [-0.39, 0.29) is 5.82 Å². The van der Waals surface area contributed by atoms with E-state index in [1.54, 1.807) is 12.1 Å². The average Bonchev–Trinajstić information content (AvgIpc) is 2.76. The highest BCUT2D eigenvalue weighted by Crippen LogP contribution is 2.38. The molecule has 2 aliphatic rings. The lowest BCUT2D eigenvalue weighted by Crippen LogP contribution is -2.14. The first kappa shape index (κ1) is 21.8. The van der Waals surface area contributed by atoms with Gasteiger partial charge in [0, 0.05) is 6.08 Å². The van der Waals surface area contributed by atoms with E-state index < -0.39 is 0 Å². The molecule has 0 aromatic heterocycles. The molecule has 0 spiro atoms. The molecule has 3 rings (SSSR count). The van der Waals surface area contributed by atoms with Crippen LogP contribution >= 0.6 is 0 Å². The summed E-state index contributed by atoms with van der Waals surface area (Å²) in [6.45, 7) is 0. The SMILES string of the molecule is N#CC=CC=CC1CCC(CCCCC2CCC(c3ccc(F)cc3)CC2)CC1. The molecule has 2 aliphatic carbocycles. The molecule has 0 bridgehead atoms.